The fourth-order valence-electron chi connectivity index (χ4n) is 4.81. The van der Waals surface area contributed by atoms with Gasteiger partial charge in [0.15, 0.2) is 0 Å². The lowest BCUT2D eigenvalue weighted by atomic mass is 9.99. The lowest BCUT2D eigenvalue weighted by Crippen LogP contribution is -2.51. The Bertz CT molecular complexity index is 1030. The van der Waals surface area contributed by atoms with E-state index in [2.05, 4.69) is 32.6 Å². The number of benzene rings is 2. The maximum absolute atomic E-state index is 12.8. The summed E-state index contributed by atoms with van der Waals surface area (Å²) in [5, 5.41) is 5.63. The van der Waals surface area contributed by atoms with Gasteiger partial charge in [0.25, 0.3) is 5.91 Å². The molecule has 2 aliphatic rings. The number of carbonyl (C=O) groups excluding carboxylic acids is 3. The van der Waals surface area contributed by atoms with Crippen molar-refractivity contribution in [2.75, 3.05) is 56.5 Å². The van der Waals surface area contributed by atoms with Crippen LogP contribution in [0.3, 0.4) is 0 Å². The van der Waals surface area contributed by atoms with E-state index in [1.807, 2.05) is 35.2 Å². The second-order valence-electron chi connectivity index (χ2n) is 8.96. The molecule has 2 heterocycles. The lowest BCUT2D eigenvalue weighted by Gasteiger charge is -2.41. The third-order valence-electron chi connectivity index (χ3n) is 6.62. The highest BCUT2D eigenvalue weighted by Crippen LogP contribution is 2.27. The molecule has 2 aliphatic heterocycles. The normalized spacial score (nSPS) is 18.6. The van der Waals surface area contributed by atoms with E-state index in [-0.39, 0.29) is 30.3 Å². The van der Waals surface area contributed by atoms with Crippen LogP contribution in [0.4, 0.5) is 11.4 Å². The molecule has 2 aromatic rings. The first kappa shape index (κ1) is 23.8. The predicted octanol–water partition coefficient (Wildman–Crippen LogP) is 2.49. The van der Waals surface area contributed by atoms with E-state index in [1.165, 1.54) is 18.5 Å². The van der Waals surface area contributed by atoms with Crippen molar-refractivity contribution in [2.24, 2.45) is 0 Å². The van der Waals surface area contributed by atoms with Crippen molar-refractivity contribution in [1.29, 1.82) is 0 Å². The number of hydrogen-bond acceptors (Lipinski definition) is 5. The molecule has 1 atom stereocenters. The van der Waals surface area contributed by atoms with Crippen LogP contribution in [0.1, 0.15) is 41.7 Å². The Balaban J connectivity index is 1.40. The van der Waals surface area contributed by atoms with E-state index in [0.717, 1.165) is 24.3 Å². The summed E-state index contributed by atoms with van der Waals surface area (Å²) in [7, 11) is 1.60. The fourth-order valence-corrected chi connectivity index (χ4v) is 4.81. The third kappa shape index (κ3) is 5.56. The van der Waals surface area contributed by atoms with E-state index in [9.17, 15) is 14.4 Å². The number of hydrogen-bond donors (Lipinski definition) is 2. The average Bonchev–Trinajstić information content (AvgIpc) is 3.39. The molecule has 0 radical (unpaired) electrons. The highest BCUT2D eigenvalue weighted by Gasteiger charge is 2.31. The second-order valence-corrected chi connectivity index (χ2v) is 8.96. The van der Waals surface area contributed by atoms with Crippen LogP contribution >= 0.6 is 0 Å². The first-order valence-corrected chi connectivity index (χ1v) is 11.9. The first-order chi connectivity index (χ1) is 16.4. The van der Waals surface area contributed by atoms with Gasteiger partial charge in [0.1, 0.15) is 0 Å². The van der Waals surface area contributed by atoms with Gasteiger partial charge in [-0.2, -0.15) is 0 Å². The van der Waals surface area contributed by atoms with Gasteiger partial charge in [-0.15, -0.1) is 0 Å². The van der Waals surface area contributed by atoms with Crippen LogP contribution in [0.2, 0.25) is 0 Å². The zero-order valence-electron chi connectivity index (χ0n) is 19.9. The van der Waals surface area contributed by atoms with Crippen molar-refractivity contribution >= 4 is 29.1 Å². The van der Waals surface area contributed by atoms with E-state index >= 15 is 0 Å². The average molecular weight is 464 g/mol. The molecular formula is C26H33N5O3. The molecule has 4 rings (SSSR count). The quantitative estimate of drug-likeness (QED) is 0.688. The van der Waals surface area contributed by atoms with Gasteiger partial charge in [-0.05, 0) is 54.8 Å². The lowest BCUT2D eigenvalue weighted by molar-refractivity contribution is -0.134. The number of carbonyl (C=O) groups is 3. The maximum Gasteiger partial charge on any atom is 0.251 e. The van der Waals surface area contributed by atoms with Gasteiger partial charge >= 0.3 is 0 Å². The Morgan fingerprint density at radius 1 is 0.971 bits per heavy atom. The van der Waals surface area contributed by atoms with E-state index in [1.54, 1.807) is 20.0 Å². The summed E-state index contributed by atoms with van der Waals surface area (Å²) in [5.41, 5.74) is 3.41. The van der Waals surface area contributed by atoms with E-state index in [0.29, 0.717) is 25.2 Å². The molecular weight excluding hydrogens is 430 g/mol. The summed E-state index contributed by atoms with van der Waals surface area (Å²) in [6, 6.07) is 15.1. The third-order valence-corrected chi connectivity index (χ3v) is 6.62. The smallest absolute Gasteiger partial charge is 0.251 e. The molecule has 180 valence electrons. The topological polar surface area (TPSA) is 85.0 Å². The van der Waals surface area contributed by atoms with Gasteiger partial charge < -0.3 is 20.4 Å². The minimum atomic E-state index is -0.219. The van der Waals surface area contributed by atoms with Gasteiger partial charge in [-0.1, -0.05) is 12.1 Å². The minimum absolute atomic E-state index is 0.0162. The van der Waals surface area contributed by atoms with Gasteiger partial charge in [-0.25, -0.2) is 0 Å². The molecule has 2 saturated heterocycles. The number of rotatable bonds is 6. The van der Waals surface area contributed by atoms with Crippen LogP contribution < -0.4 is 15.5 Å². The van der Waals surface area contributed by atoms with Crippen LogP contribution in [0, 0.1) is 0 Å². The molecule has 0 saturated carbocycles. The Kier molecular flexibility index (Phi) is 7.47. The van der Waals surface area contributed by atoms with Crippen molar-refractivity contribution in [3.63, 3.8) is 0 Å². The molecule has 3 amide bonds. The molecule has 8 nitrogen and oxygen atoms in total. The number of nitrogens with zero attached hydrogens (tertiary/aromatic N) is 3. The molecule has 0 bridgehead atoms. The molecule has 1 unspecified atom stereocenters. The summed E-state index contributed by atoms with van der Waals surface area (Å²) in [6.45, 7) is 5.65. The second kappa shape index (κ2) is 10.7. The van der Waals surface area contributed by atoms with Crippen LogP contribution in [0.15, 0.2) is 48.5 Å². The SMILES string of the molecule is CNC(=O)c1cccc(C2CN(CC(=O)Nc3ccc(N4CCCC4)cc3)CCN2C(C)=O)c1. The number of anilines is 2. The Labute approximate surface area is 200 Å². The van der Waals surface area contributed by atoms with Gasteiger partial charge in [0.05, 0.1) is 12.6 Å². The molecule has 2 aromatic carbocycles. The summed E-state index contributed by atoms with van der Waals surface area (Å²) < 4.78 is 0. The molecule has 0 spiro atoms. The van der Waals surface area contributed by atoms with Gasteiger partial charge in [0, 0.05) is 63.6 Å². The van der Waals surface area contributed by atoms with Crippen molar-refractivity contribution < 1.29 is 14.4 Å². The molecule has 0 aromatic heterocycles. The molecule has 0 aliphatic carbocycles. The van der Waals surface area contributed by atoms with Crippen molar-refractivity contribution in [1.82, 2.24) is 15.1 Å². The van der Waals surface area contributed by atoms with Crippen LogP contribution in [-0.2, 0) is 9.59 Å². The van der Waals surface area contributed by atoms with Crippen LogP contribution in [0.25, 0.3) is 0 Å². The summed E-state index contributed by atoms with van der Waals surface area (Å²) in [4.78, 5) is 43.4. The van der Waals surface area contributed by atoms with Crippen LogP contribution in [-0.4, -0.2) is 73.8 Å². The zero-order chi connectivity index (χ0) is 24.1. The molecule has 2 fully saturated rings. The zero-order valence-corrected chi connectivity index (χ0v) is 19.9. The van der Waals surface area contributed by atoms with Gasteiger partial charge in [0.2, 0.25) is 11.8 Å². The number of nitrogens with one attached hydrogen (secondary N) is 2. The van der Waals surface area contributed by atoms with Crippen molar-refractivity contribution in [2.45, 2.75) is 25.8 Å². The Hall–Kier alpha value is -3.39. The summed E-state index contributed by atoms with van der Waals surface area (Å²) >= 11 is 0. The van der Waals surface area contributed by atoms with Gasteiger partial charge in [-0.3, -0.25) is 19.3 Å². The van der Waals surface area contributed by atoms with E-state index < -0.39 is 0 Å². The summed E-state index contributed by atoms with van der Waals surface area (Å²) in [5.74, 6) is -0.264. The Morgan fingerprint density at radius 2 is 1.71 bits per heavy atom. The van der Waals surface area contributed by atoms with E-state index in [4.69, 9.17) is 0 Å². The molecule has 8 heteroatoms. The summed E-state index contributed by atoms with van der Waals surface area (Å²) in [6.07, 6.45) is 2.46. The molecule has 2 N–H and O–H groups in total. The highest BCUT2D eigenvalue weighted by molar-refractivity contribution is 5.94. The van der Waals surface area contributed by atoms with Crippen molar-refractivity contribution in [3.05, 3.63) is 59.7 Å². The first-order valence-electron chi connectivity index (χ1n) is 11.9. The van der Waals surface area contributed by atoms with Crippen molar-refractivity contribution in [3.8, 4) is 0 Å². The monoisotopic (exact) mass is 463 g/mol. The minimum Gasteiger partial charge on any atom is -0.372 e. The van der Waals surface area contributed by atoms with Crippen LogP contribution in [0.5, 0.6) is 0 Å². The largest absolute Gasteiger partial charge is 0.372 e. The maximum atomic E-state index is 12.8. The Morgan fingerprint density at radius 3 is 2.38 bits per heavy atom. The highest BCUT2D eigenvalue weighted by atomic mass is 16.2. The number of amides is 3. The number of piperazine rings is 1. The standard InChI is InChI=1S/C26H33N5O3/c1-19(32)31-15-14-29(17-24(31)20-6-5-7-21(16-20)26(34)27-2)18-25(33)28-22-8-10-23(11-9-22)30-12-3-4-13-30/h5-11,16,24H,3-4,12-15,17-18H2,1-2H3,(H,27,34)(H,28,33). The predicted molar refractivity (Wildman–Crippen MR) is 133 cm³/mol. The molecule has 34 heavy (non-hydrogen) atoms. The fraction of sp³-hybridized carbons (Fsp3) is 0.423.